The molecule has 2 aromatic carbocycles. The number of halogens is 3. The highest BCUT2D eigenvalue weighted by Crippen LogP contribution is 2.32. The molecular formula is C22H21F3N2O2. The second kappa shape index (κ2) is 8.53. The van der Waals surface area contributed by atoms with Crippen LogP contribution in [-0.2, 0) is 19.3 Å². The largest absolute Gasteiger partial charge is 0.451 e. The first-order valence-corrected chi connectivity index (χ1v) is 9.01. The summed E-state index contributed by atoms with van der Waals surface area (Å²) in [6.45, 7) is 1.06. The molecule has 1 amide bonds. The summed E-state index contributed by atoms with van der Waals surface area (Å²) in [5.74, 6) is -0.181. The Morgan fingerprint density at radius 1 is 1.00 bits per heavy atom. The quantitative estimate of drug-likeness (QED) is 0.634. The molecule has 3 rings (SSSR count). The number of alkyl halides is 3. The number of rotatable bonds is 6. The Morgan fingerprint density at radius 3 is 2.41 bits per heavy atom. The van der Waals surface area contributed by atoms with Crippen molar-refractivity contribution in [2.24, 2.45) is 0 Å². The minimum absolute atomic E-state index is 0.0440. The van der Waals surface area contributed by atoms with Crippen molar-refractivity contribution < 1.29 is 22.4 Å². The van der Waals surface area contributed by atoms with Crippen molar-refractivity contribution in [3.05, 3.63) is 83.1 Å². The van der Waals surface area contributed by atoms with E-state index in [1.165, 1.54) is 24.3 Å². The number of carbonyl (C=O) groups excluding carboxylic acids is 1. The van der Waals surface area contributed by atoms with Crippen molar-refractivity contribution in [1.82, 2.24) is 10.2 Å². The van der Waals surface area contributed by atoms with Crippen LogP contribution in [-0.4, -0.2) is 24.9 Å². The highest BCUT2D eigenvalue weighted by Gasteiger charge is 2.30. The van der Waals surface area contributed by atoms with E-state index in [0.29, 0.717) is 6.54 Å². The van der Waals surface area contributed by atoms with Crippen molar-refractivity contribution in [1.29, 1.82) is 0 Å². The van der Waals surface area contributed by atoms with Crippen LogP contribution < -0.4 is 5.32 Å². The molecule has 0 unspecified atom stereocenters. The second-order valence-electron chi connectivity index (χ2n) is 6.93. The van der Waals surface area contributed by atoms with Gasteiger partial charge in [0, 0.05) is 18.7 Å². The molecule has 4 nitrogen and oxygen atoms in total. The Balaban J connectivity index is 1.71. The monoisotopic (exact) mass is 402 g/mol. The van der Waals surface area contributed by atoms with Gasteiger partial charge in [0.05, 0.1) is 5.56 Å². The first-order valence-electron chi connectivity index (χ1n) is 9.01. The summed E-state index contributed by atoms with van der Waals surface area (Å²) in [4.78, 5) is 14.5. The van der Waals surface area contributed by atoms with Gasteiger partial charge < -0.3 is 14.6 Å². The van der Waals surface area contributed by atoms with Crippen molar-refractivity contribution in [3.63, 3.8) is 0 Å². The van der Waals surface area contributed by atoms with Gasteiger partial charge in [0.2, 0.25) is 0 Å². The van der Waals surface area contributed by atoms with E-state index in [0.717, 1.165) is 29.8 Å². The van der Waals surface area contributed by atoms with Gasteiger partial charge in [-0.05, 0) is 49.5 Å². The van der Waals surface area contributed by atoms with Crippen LogP contribution in [0.15, 0.2) is 65.1 Å². The molecule has 3 aromatic rings. The molecule has 1 N–H and O–H groups in total. The van der Waals surface area contributed by atoms with Crippen molar-refractivity contribution >= 4 is 5.91 Å². The Kier molecular flexibility index (Phi) is 6.08. The predicted octanol–water partition coefficient (Wildman–Crippen LogP) is 4.96. The molecule has 0 atom stereocenters. The lowest BCUT2D eigenvalue weighted by Gasteiger charge is -2.14. The molecular weight excluding hydrogens is 381 g/mol. The maximum atomic E-state index is 12.9. The fourth-order valence-corrected chi connectivity index (χ4v) is 2.95. The summed E-state index contributed by atoms with van der Waals surface area (Å²) in [5, 5.41) is 2.80. The summed E-state index contributed by atoms with van der Waals surface area (Å²) < 4.78 is 44.2. The molecule has 0 spiro atoms. The summed E-state index contributed by atoms with van der Waals surface area (Å²) in [5.41, 5.74) is 1.58. The van der Waals surface area contributed by atoms with Crippen molar-refractivity contribution in [3.8, 4) is 11.3 Å². The van der Waals surface area contributed by atoms with Gasteiger partial charge >= 0.3 is 6.18 Å². The van der Waals surface area contributed by atoms with Crippen LogP contribution in [0.5, 0.6) is 0 Å². The number of furan rings is 1. The van der Waals surface area contributed by atoms with Crippen LogP contribution in [0.4, 0.5) is 13.2 Å². The highest BCUT2D eigenvalue weighted by molar-refractivity contribution is 5.92. The predicted molar refractivity (Wildman–Crippen MR) is 104 cm³/mol. The highest BCUT2D eigenvalue weighted by atomic mass is 19.4. The van der Waals surface area contributed by atoms with Gasteiger partial charge in [-0.2, -0.15) is 13.2 Å². The molecule has 0 saturated heterocycles. The van der Waals surface area contributed by atoms with E-state index in [9.17, 15) is 18.0 Å². The molecule has 29 heavy (non-hydrogen) atoms. The van der Waals surface area contributed by atoms with E-state index in [2.05, 4.69) is 5.32 Å². The minimum Gasteiger partial charge on any atom is -0.451 e. The molecule has 1 heterocycles. The van der Waals surface area contributed by atoms with Gasteiger partial charge in [-0.1, -0.05) is 36.4 Å². The third kappa shape index (κ3) is 5.26. The first kappa shape index (κ1) is 20.7. The molecule has 0 aliphatic carbocycles. The molecule has 1 aromatic heterocycles. The van der Waals surface area contributed by atoms with Gasteiger partial charge in [-0.3, -0.25) is 4.79 Å². The van der Waals surface area contributed by atoms with Crippen LogP contribution in [0.25, 0.3) is 11.3 Å². The molecule has 0 saturated carbocycles. The third-order valence-corrected chi connectivity index (χ3v) is 4.35. The smallest absolute Gasteiger partial charge is 0.416 e. The topological polar surface area (TPSA) is 45.5 Å². The Morgan fingerprint density at radius 2 is 1.72 bits per heavy atom. The normalized spacial score (nSPS) is 11.7. The van der Waals surface area contributed by atoms with Crippen LogP contribution in [0.3, 0.4) is 0 Å². The average Bonchev–Trinajstić information content (AvgIpc) is 3.16. The number of nitrogens with one attached hydrogen (secondary N) is 1. The van der Waals surface area contributed by atoms with E-state index in [4.69, 9.17) is 4.42 Å². The molecule has 0 aliphatic heterocycles. The molecule has 0 aliphatic rings. The van der Waals surface area contributed by atoms with Gasteiger partial charge in [0.15, 0.2) is 5.76 Å². The van der Waals surface area contributed by atoms with Crippen LogP contribution in [0.1, 0.15) is 27.2 Å². The Hall–Kier alpha value is -3.06. The molecule has 0 fully saturated rings. The Bertz CT molecular complexity index is 993. The molecule has 0 radical (unpaired) electrons. The summed E-state index contributed by atoms with van der Waals surface area (Å²) in [7, 11) is 3.93. The molecule has 0 bridgehead atoms. The zero-order valence-corrected chi connectivity index (χ0v) is 16.1. The lowest BCUT2D eigenvalue weighted by molar-refractivity contribution is -0.137. The number of carbonyl (C=O) groups is 1. The summed E-state index contributed by atoms with van der Waals surface area (Å²) in [6.07, 6.45) is -4.44. The van der Waals surface area contributed by atoms with Crippen molar-refractivity contribution in [2.45, 2.75) is 19.3 Å². The minimum atomic E-state index is -4.44. The second-order valence-corrected chi connectivity index (χ2v) is 6.93. The maximum Gasteiger partial charge on any atom is 0.416 e. The SMILES string of the molecule is CN(C)Cc1ccccc1CNC(=O)c1ccc(-c2cccc(C(F)(F)F)c2)o1. The summed E-state index contributed by atoms with van der Waals surface area (Å²) >= 11 is 0. The van der Waals surface area contributed by atoms with E-state index < -0.39 is 17.6 Å². The number of hydrogen-bond donors (Lipinski definition) is 1. The first-order chi connectivity index (χ1) is 13.7. The molecule has 7 heteroatoms. The van der Waals surface area contributed by atoms with Crippen LogP contribution >= 0.6 is 0 Å². The standard InChI is InChI=1S/C22H21F3N2O2/c1-27(2)14-17-7-4-3-6-16(17)13-26-21(28)20-11-10-19(29-20)15-8-5-9-18(12-15)22(23,24)25/h3-12H,13-14H2,1-2H3,(H,26,28). The summed E-state index contributed by atoms with van der Waals surface area (Å²) in [6, 6.07) is 15.5. The average molecular weight is 402 g/mol. The van der Waals surface area contributed by atoms with Crippen LogP contribution in [0.2, 0.25) is 0 Å². The van der Waals surface area contributed by atoms with E-state index in [-0.39, 0.29) is 17.1 Å². The van der Waals surface area contributed by atoms with E-state index in [1.807, 2.05) is 43.3 Å². The van der Waals surface area contributed by atoms with E-state index >= 15 is 0 Å². The van der Waals surface area contributed by atoms with Gasteiger partial charge in [-0.15, -0.1) is 0 Å². The van der Waals surface area contributed by atoms with Gasteiger partial charge in [0.1, 0.15) is 5.76 Å². The number of amides is 1. The van der Waals surface area contributed by atoms with Crippen molar-refractivity contribution in [2.75, 3.05) is 14.1 Å². The molecule has 152 valence electrons. The number of hydrogen-bond acceptors (Lipinski definition) is 3. The number of nitrogens with zero attached hydrogens (tertiary/aromatic N) is 1. The Labute approximate surface area is 166 Å². The zero-order valence-electron chi connectivity index (χ0n) is 16.1. The number of benzene rings is 2. The fraction of sp³-hybridized carbons (Fsp3) is 0.227. The third-order valence-electron chi connectivity index (χ3n) is 4.35. The lowest BCUT2D eigenvalue weighted by atomic mass is 10.1. The van der Waals surface area contributed by atoms with E-state index in [1.54, 1.807) is 0 Å². The lowest BCUT2D eigenvalue weighted by Crippen LogP contribution is -2.23. The zero-order chi connectivity index (χ0) is 21.0. The van der Waals surface area contributed by atoms with Gasteiger partial charge in [-0.25, -0.2) is 0 Å². The fourth-order valence-electron chi connectivity index (χ4n) is 2.95. The maximum absolute atomic E-state index is 12.9. The van der Waals surface area contributed by atoms with Crippen LogP contribution in [0, 0.1) is 0 Å². The van der Waals surface area contributed by atoms with Gasteiger partial charge in [0.25, 0.3) is 5.91 Å².